The van der Waals surface area contributed by atoms with Crippen LogP contribution in [-0.2, 0) is 32.7 Å². The van der Waals surface area contributed by atoms with Crippen molar-refractivity contribution in [3.05, 3.63) is 48.6 Å². The van der Waals surface area contributed by atoms with Crippen molar-refractivity contribution in [2.24, 2.45) is 5.73 Å². The number of rotatable bonds is 30. The smallest absolute Gasteiger partial charge is 0.472 e. The maximum atomic E-state index is 12.4. The van der Waals surface area contributed by atoms with Crippen LogP contribution in [-0.4, -0.2) is 60.5 Å². The third-order valence-corrected chi connectivity index (χ3v) is 7.32. The van der Waals surface area contributed by atoms with Crippen LogP contribution < -0.4 is 5.73 Å². The van der Waals surface area contributed by atoms with E-state index in [0.29, 0.717) is 13.0 Å². The molecular weight excluding hydrogens is 585 g/mol. The summed E-state index contributed by atoms with van der Waals surface area (Å²) in [4.78, 5) is 33.1. The van der Waals surface area contributed by atoms with Gasteiger partial charge in [0.2, 0.25) is 0 Å². The second-order valence-corrected chi connectivity index (χ2v) is 12.0. The first-order valence-corrected chi connectivity index (χ1v) is 17.7. The topological polar surface area (TPSA) is 155 Å². The van der Waals surface area contributed by atoms with Gasteiger partial charge in [-0.25, -0.2) is 4.57 Å². The Morgan fingerprint density at radius 2 is 1.30 bits per heavy atom. The van der Waals surface area contributed by atoms with Gasteiger partial charge in [-0.1, -0.05) is 107 Å². The summed E-state index contributed by atoms with van der Waals surface area (Å²) in [7, 11) is -4.61. The van der Waals surface area contributed by atoms with E-state index in [4.69, 9.17) is 24.8 Å². The molecule has 0 aromatic carbocycles. The van der Waals surface area contributed by atoms with E-state index in [2.05, 4.69) is 67.0 Å². The lowest BCUT2D eigenvalue weighted by atomic mass is 10.1. The highest BCUT2D eigenvalue weighted by Crippen LogP contribution is 2.43. The van der Waals surface area contributed by atoms with Gasteiger partial charge < -0.3 is 25.2 Å². The van der Waals surface area contributed by atoms with E-state index in [0.717, 1.165) is 57.8 Å². The summed E-state index contributed by atoms with van der Waals surface area (Å²) in [6.07, 6.45) is 30.6. The minimum absolute atomic E-state index is 0.0218. The molecule has 0 heterocycles. The van der Waals surface area contributed by atoms with Crippen LogP contribution in [0, 0.1) is 0 Å². The van der Waals surface area contributed by atoms with E-state index in [1.807, 2.05) is 0 Å². The van der Waals surface area contributed by atoms with Crippen LogP contribution in [0.2, 0.25) is 0 Å². The monoisotopic (exact) mass is 643 g/mol. The number of phosphoric acid groups is 1. The van der Waals surface area contributed by atoms with E-state index in [-0.39, 0.29) is 13.0 Å². The van der Waals surface area contributed by atoms with Crippen molar-refractivity contribution in [2.75, 3.05) is 26.4 Å². The molecule has 0 aromatic heterocycles. The molecule has 0 spiro atoms. The fourth-order valence-corrected chi connectivity index (χ4v) is 4.62. The fraction of sp³-hybridized carbons (Fsp3) is 0.697. The number of esters is 1. The van der Waals surface area contributed by atoms with Crippen LogP contribution in [0.25, 0.3) is 0 Å². The number of unbranched alkanes of at least 4 members (excludes halogenated alkanes) is 8. The lowest BCUT2D eigenvalue weighted by Crippen LogP contribution is -2.34. The molecule has 0 aliphatic heterocycles. The van der Waals surface area contributed by atoms with Crippen LogP contribution in [0.15, 0.2) is 48.6 Å². The minimum atomic E-state index is -4.61. The molecule has 0 rings (SSSR count). The molecule has 11 heteroatoms. The maximum absolute atomic E-state index is 12.4. The molecule has 0 aromatic rings. The van der Waals surface area contributed by atoms with Crippen molar-refractivity contribution in [1.29, 1.82) is 0 Å². The highest BCUT2D eigenvalue weighted by Gasteiger charge is 2.27. The van der Waals surface area contributed by atoms with E-state index in [1.54, 1.807) is 0 Å². The normalized spacial score (nSPS) is 15.0. The molecule has 0 radical (unpaired) electrons. The molecule has 0 fully saturated rings. The quantitative estimate of drug-likeness (QED) is 0.0309. The molecule has 0 saturated carbocycles. The number of allylic oxidation sites excluding steroid dienone is 8. The van der Waals surface area contributed by atoms with Gasteiger partial charge in [0.15, 0.2) is 0 Å². The standard InChI is InChI=1S/C33H58NO9P/c1-3-5-7-9-11-13-14-15-16-17-18-20-22-24-26-40-27-30(28-41-44(38,39)42-29-31(34)33(36)37)43-32(35)25-23-21-19-12-10-8-6-4-2/h5,7,11,13,15-16,18,20,30-31H,3-4,6,8-10,12,14,17,19,21-29,34H2,1-2H3,(H,36,37)(H,38,39)/b7-5-,13-11-,16-15-,20-18-. The number of carboxylic acid groups (broad SMARTS) is 1. The van der Waals surface area contributed by atoms with Crippen molar-refractivity contribution in [3.8, 4) is 0 Å². The predicted molar refractivity (Wildman–Crippen MR) is 175 cm³/mol. The summed E-state index contributed by atoms with van der Waals surface area (Å²) < 4.78 is 32.9. The number of ether oxygens (including phenoxy) is 2. The molecule has 10 nitrogen and oxygen atoms in total. The number of phosphoric ester groups is 1. The molecule has 0 amide bonds. The summed E-state index contributed by atoms with van der Waals surface area (Å²) in [5, 5.41) is 8.82. The predicted octanol–water partition coefficient (Wildman–Crippen LogP) is 7.58. The second kappa shape index (κ2) is 29.6. The van der Waals surface area contributed by atoms with Crippen molar-refractivity contribution in [2.45, 2.75) is 122 Å². The van der Waals surface area contributed by atoms with Crippen molar-refractivity contribution in [3.63, 3.8) is 0 Å². The highest BCUT2D eigenvalue weighted by molar-refractivity contribution is 7.47. The molecule has 4 N–H and O–H groups in total. The van der Waals surface area contributed by atoms with E-state index in [1.165, 1.54) is 25.7 Å². The average Bonchev–Trinajstić information content (AvgIpc) is 2.99. The molecule has 0 bridgehead atoms. The number of hydrogen-bond donors (Lipinski definition) is 3. The lowest BCUT2D eigenvalue weighted by molar-refractivity contribution is -0.154. The van der Waals surface area contributed by atoms with Crippen LogP contribution in [0.1, 0.15) is 110 Å². The van der Waals surface area contributed by atoms with Gasteiger partial charge in [-0.15, -0.1) is 0 Å². The molecule has 0 saturated heterocycles. The van der Waals surface area contributed by atoms with Gasteiger partial charge in [0, 0.05) is 13.0 Å². The van der Waals surface area contributed by atoms with Crippen LogP contribution in [0.4, 0.5) is 0 Å². The second-order valence-electron chi connectivity index (χ2n) is 10.6. The number of carboxylic acids is 1. The summed E-state index contributed by atoms with van der Waals surface area (Å²) in [6.45, 7) is 3.54. The summed E-state index contributed by atoms with van der Waals surface area (Å²) in [5.41, 5.74) is 5.30. The minimum Gasteiger partial charge on any atom is -0.480 e. The number of aliphatic carboxylic acids is 1. The van der Waals surface area contributed by atoms with Gasteiger partial charge in [0.1, 0.15) is 12.1 Å². The zero-order valence-corrected chi connectivity index (χ0v) is 27.9. The van der Waals surface area contributed by atoms with Gasteiger partial charge in [0.25, 0.3) is 0 Å². The zero-order chi connectivity index (χ0) is 32.7. The number of carbonyl (C=O) groups is 2. The molecule has 0 aliphatic rings. The summed E-state index contributed by atoms with van der Waals surface area (Å²) in [6, 6.07) is -1.48. The molecule has 3 unspecified atom stereocenters. The SMILES string of the molecule is CC/C=C\C/C=C\C/C=C\C/C=C\CCCOCC(COP(=O)(O)OCC(N)C(=O)O)OC(=O)CCCCCCCCCC. The van der Waals surface area contributed by atoms with Crippen LogP contribution in [0.3, 0.4) is 0 Å². The maximum Gasteiger partial charge on any atom is 0.472 e. The average molecular weight is 644 g/mol. The number of carbonyl (C=O) groups excluding carboxylic acids is 1. The van der Waals surface area contributed by atoms with Crippen LogP contribution in [0.5, 0.6) is 0 Å². The largest absolute Gasteiger partial charge is 0.480 e. The third-order valence-electron chi connectivity index (χ3n) is 6.37. The molecule has 3 atom stereocenters. The first kappa shape index (κ1) is 41.9. The highest BCUT2D eigenvalue weighted by atomic mass is 31.2. The van der Waals surface area contributed by atoms with Gasteiger partial charge in [-0.2, -0.15) is 0 Å². The fourth-order valence-electron chi connectivity index (χ4n) is 3.84. The lowest BCUT2D eigenvalue weighted by Gasteiger charge is -2.20. The Labute approximate surface area is 265 Å². The van der Waals surface area contributed by atoms with Crippen molar-refractivity contribution >= 4 is 19.8 Å². The first-order chi connectivity index (χ1) is 21.2. The third kappa shape index (κ3) is 28.7. The Morgan fingerprint density at radius 1 is 0.750 bits per heavy atom. The Bertz CT molecular complexity index is 888. The number of nitrogens with two attached hydrogens (primary N) is 1. The molecule has 0 aliphatic carbocycles. The van der Waals surface area contributed by atoms with Crippen molar-refractivity contribution < 1.29 is 42.7 Å². The Hall–Kier alpha value is -2.07. The van der Waals surface area contributed by atoms with E-state index < -0.39 is 45.1 Å². The van der Waals surface area contributed by atoms with Gasteiger partial charge in [0.05, 0.1) is 19.8 Å². The first-order valence-electron chi connectivity index (χ1n) is 16.2. The van der Waals surface area contributed by atoms with Crippen molar-refractivity contribution in [1.82, 2.24) is 0 Å². The Balaban J connectivity index is 4.47. The van der Waals surface area contributed by atoms with Crippen LogP contribution >= 0.6 is 7.82 Å². The molecular formula is C33H58NO9P. The molecule has 254 valence electrons. The Morgan fingerprint density at radius 3 is 1.89 bits per heavy atom. The van der Waals surface area contributed by atoms with Gasteiger partial charge in [-0.3, -0.25) is 18.6 Å². The van der Waals surface area contributed by atoms with Gasteiger partial charge in [-0.05, 0) is 44.9 Å². The zero-order valence-electron chi connectivity index (χ0n) is 27.0. The summed E-state index contributed by atoms with van der Waals surface area (Å²) in [5.74, 6) is -1.81. The molecule has 44 heavy (non-hydrogen) atoms. The number of hydrogen-bond acceptors (Lipinski definition) is 8. The van der Waals surface area contributed by atoms with E-state index >= 15 is 0 Å². The van der Waals surface area contributed by atoms with E-state index in [9.17, 15) is 19.0 Å². The summed E-state index contributed by atoms with van der Waals surface area (Å²) >= 11 is 0. The van der Waals surface area contributed by atoms with Gasteiger partial charge >= 0.3 is 19.8 Å². The Kier molecular flexibility index (Phi) is 28.2.